The van der Waals surface area contributed by atoms with Crippen LogP contribution in [-0.2, 0) is 0 Å². The van der Waals surface area contributed by atoms with Gasteiger partial charge in [0.25, 0.3) is 0 Å². The van der Waals surface area contributed by atoms with Gasteiger partial charge in [-0.05, 0) is 43.8 Å². The van der Waals surface area contributed by atoms with Gasteiger partial charge in [0, 0.05) is 22.4 Å². The van der Waals surface area contributed by atoms with E-state index in [2.05, 4.69) is 60.5 Å². The number of nitriles is 1. The van der Waals surface area contributed by atoms with Gasteiger partial charge in [0.05, 0.1) is 23.0 Å². The first-order valence-electron chi connectivity index (χ1n) is 7.55. The molecule has 0 radical (unpaired) electrons. The summed E-state index contributed by atoms with van der Waals surface area (Å²) in [5, 5.41) is 12.6. The molecule has 1 atom stereocenters. The molecule has 0 saturated carbocycles. The third kappa shape index (κ3) is 2.70. The Morgan fingerprint density at radius 3 is 2.73 bits per heavy atom. The van der Waals surface area contributed by atoms with Crippen molar-refractivity contribution in [2.75, 3.05) is 18.0 Å². The average Bonchev–Trinajstić information content (AvgIpc) is 2.57. The molecule has 4 heteroatoms. The molecule has 22 heavy (non-hydrogen) atoms. The van der Waals surface area contributed by atoms with Crippen LogP contribution < -0.4 is 10.2 Å². The SMILES string of the molecule is CCNCC(C)N1c2ccccc2Sc2ccc(C#N)cc21. The highest BCUT2D eigenvalue weighted by Crippen LogP contribution is 2.49. The van der Waals surface area contributed by atoms with Gasteiger partial charge in [0.2, 0.25) is 0 Å². The van der Waals surface area contributed by atoms with Crippen LogP contribution in [0.3, 0.4) is 0 Å². The summed E-state index contributed by atoms with van der Waals surface area (Å²) in [5.41, 5.74) is 3.06. The number of likely N-dealkylation sites (N-methyl/N-ethyl adjacent to an activating group) is 1. The number of rotatable bonds is 4. The first kappa shape index (κ1) is 15.0. The van der Waals surface area contributed by atoms with E-state index in [4.69, 9.17) is 0 Å². The molecular weight excluding hydrogens is 290 g/mol. The molecule has 0 fully saturated rings. The summed E-state index contributed by atoms with van der Waals surface area (Å²) < 4.78 is 0. The van der Waals surface area contributed by atoms with E-state index >= 15 is 0 Å². The third-order valence-electron chi connectivity index (χ3n) is 3.82. The molecule has 0 amide bonds. The predicted molar refractivity (Wildman–Crippen MR) is 91.9 cm³/mol. The maximum Gasteiger partial charge on any atom is 0.0992 e. The molecule has 1 aliphatic rings. The number of para-hydroxylation sites is 1. The Morgan fingerprint density at radius 2 is 1.95 bits per heavy atom. The van der Waals surface area contributed by atoms with Crippen molar-refractivity contribution in [3.8, 4) is 6.07 Å². The van der Waals surface area contributed by atoms with Crippen LogP contribution in [0.2, 0.25) is 0 Å². The van der Waals surface area contributed by atoms with Crippen molar-refractivity contribution in [3.05, 3.63) is 48.0 Å². The van der Waals surface area contributed by atoms with Crippen LogP contribution in [0.4, 0.5) is 11.4 Å². The minimum atomic E-state index is 0.315. The van der Waals surface area contributed by atoms with Gasteiger partial charge in [-0.1, -0.05) is 30.8 Å². The monoisotopic (exact) mass is 309 g/mol. The second-order valence-electron chi connectivity index (χ2n) is 5.39. The highest BCUT2D eigenvalue weighted by Gasteiger charge is 2.26. The number of anilines is 2. The largest absolute Gasteiger partial charge is 0.335 e. The van der Waals surface area contributed by atoms with Gasteiger partial charge in [0.15, 0.2) is 0 Å². The van der Waals surface area contributed by atoms with Crippen LogP contribution in [0.15, 0.2) is 52.3 Å². The van der Waals surface area contributed by atoms with E-state index in [1.807, 2.05) is 12.1 Å². The van der Waals surface area contributed by atoms with E-state index < -0.39 is 0 Å². The van der Waals surface area contributed by atoms with Gasteiger partial charge < -0.3 is 10.2 Å². The van der Waals surface area contributed by atoms with Crippen LogP contribution in [0.25, 0.3) is 0 Å². The van der Waals surface area contributed by atoms with Gasteiger partial charge in [-0.15, -0.1) is 0 Å². The van der Waals surface area contributed by atoms with Crippen LogP contribution in [0.5, 0.6) is 0 Å². The highest BCUT2D eigenvalue weighted by molar-refractivity contribution is 7.99. The number of nitrogens with one attached hydrogen (secondary N) is 1. The van der Waals surface area contributed by atoms with E-state index in [-0.39, 0.29) is 0 Å². The lowest BCUT2D eigenvalue weighted by Crippen LogP contribution is -2.38. The lowest BCUT2D eigenvalue weighted by molar-refractivity contribution is 0.609. The zero-order valence-electron chi connectivity index (χ0n) is 12.8. The van der Waals surface area contributed by atoms with Crippen LogP contribution in [0, 0.1) is 11.3 Å². The normalized spacial score (nSPS) is 14.0. The fraction of sp³-hybridized carbons (Fsp3) is 0.278. The second-order valence-corrected chi connectivity index (χ2v) is 6.47. The lowest BCUT2D eigenvalue weighted by Gasteiger charge is -2.37. The predicted octanol–water partition coefficient (Wildman–Crippen LogP) is 4.16. The van der Waals surface area contributed by atoms with E-state index in [1.54, 1.807) is 11.8 Å². The summed E-state index contributed by atoms with van der Waals surface area (Å²) in [4.78, 5) is 4.83. The third-order valence-corrected chi connectivity index (χ3v) is 4.95. The zero-order chi connectivity index (χ0) is 15.5. The maximum atomic E-state index is 9.21. The number of hydrogen-bond acceptors (Lipinski definition) is 4. The van der Waals surface area contributed by atoms with E-state index in [9.17, 15) is 5.26 Å². The fourth-order valence-corrected chi connectivity index (χ4v) is 3.82. The Kier molecular flexibility index (Phi) is 4.37. The minimum absolute atomic E-state index is 0.315. The summed E-state index contributed by atoms with van der Waals surface area (Å²) in [6.45, 7) is 6.21. The van der Waals surface area contributed by atoms with Gasteiger partial charge in [-0.3, -0.25) is 0 Å². The molecule has 1 heterocycles. The number of nitrogens with zero attached hydrogens (tertiary/aromatic N) is 2. The first-order valence-corrected chi connectivity index (χ1v) is 8.37. The summed E-state index contributed by atoms with van der Waals surface area (Å²) in [5.74, 6) is 0. The molecule has 0 bridgehead atoms. The molecule has 0 aliphatic carbocycles. The molecule has 2 aromatic carbocycles. The molecular formula is C18H19N3S. The summed E-state index contributed by atoms with van der Waals surface area (Å²) in [6, 6.07) is 17.0. The van der Waals surface area contributed by atoms with Gasteiger partial charge in [-0.2, -0.15) is 5.26 Å². The topological polar surface area (TPSA) is 39.1 Å². The Morgan fingerprint density at radius 1 is 1.18 bits per heavy atom. The molecule has 1 unspecified atom stereocenters. The fourth-order valence-electron chi connectivity index (χ4n) is 2.77. The summed E-state index contributed by atoms with van der Waals surface area (Å²) in [7, 11) is 0. The lowest BCUT2D eigenvalue weighted by atomic mass is 10.1. The number of fused-ring (bicyclic) bond motifs is 2. The van der Waals surface area contributed by atoms with E-state index in [0.717, 1.165) is 18.8 Å². The standard InChI is InChI=1S/C18H19N3S/c1-3-20-12-13(2)21-15-6-4-5-7-17(15)22-18-9-8-14(11-19)10-16(18)21/h4-10,13,20H,3,12H2,1-2H3. The highest BCUT2D eigenvalue weighted by atomic mass is 32.2. The van der Waals surface area contributed by atoms with Gasteiger partial charge in [0.1, 0.15) is 0 Å². The van der Waals surface area contributed by atoms with Crippen molar-refractivity contribution in [2.45, 2.75) is 29.7 Å². The molecule has 1 N–H and O–H groups in total. The van der Waals surface area contributed by atoms with Gasteiger partial charge >= 0.3 is 0 Å². The van der Waals surface area contributed by atoms with Crippen molar-refractivity contribution < 1.29 is 0 Å². The molecule has 3 rings (SSSR count). The van der Waals surface area contributed by atoms with Crippen LogP contribution >= 0.6 is 11.8 Å². The van der Waals surface area contributed by atoms with Gasteiger partial charge in [-0.25, -0.2) is 0 Å². The molecule has 3 nitrogen and oxygen atoms in total. The van der Waals surface area contributed by atoms with Crippen molar-refractivity contribution in [2.24, 2.45) is 0 Å². The Hall–Kier alpha value is -1.96. The smallest absolute Gasteiger partial charge is 0.0992 e. The molecule has 0 spiro atoms. The van der Waals surface area contributed by atoms with Crippen molar-refractivity contribution in [1.82, 2.24) is 5.32 Å². The first-order chi connectivity index (χ1) is 10.7. The van der Waals surface area contributed by atoms with Crippen molar-refractivity contribution in [1.29, 1.82) is 5.26 Å². The van der Waals surface area contributed by atoms with Crippen LogP contribution in [-0.4, -0.2) is 19.1 Å². The van der Waals surface area contributed by atoms with Crippen molar-refractivity contribution >= 4 is 23.1 Å². The molecule has 1 aliphatic heterocycles. The maximum absolute atomic E-state index is 9.21. The molecule has 2 aromatic rings. The number of benzene rings is 2. The van der Waals surface area contributed by atoms with Crippen molar-refractivity contribution in [3.63, 3.8) is 0 Å². The van der Waals surface area contributed by atoms with E-state index in [0.29, 0.717) is 11.6 Å². The second kappa shape index (κ2) is 6.43. The summed E-state index contributed by atoms with van der Waals surface area (Å²) in [6.07, 6.45) is 0. The molecule has 112 valence electrons. The Labute approximate surface area is 135 Å². The summed E-state index contributed by atoms with van der Waals surface area (Å²) >= 11 is 1.78. The zero-order valence-corrected chi connectivity index (χ0v) is 13.7. The average molecular weight is 309 g/mol. The van der Waals surface area contributed by atoms with E-state index in [1.165, 1.54) is 15.5 Å². The minimum Gasteiger partial charge on any atom is -0.335 e. The number of hydrogen-bond donors (Lipinski definition) is 1. The Bertz CT molecular complexity index is 721. The Balaban J connectivity index is 2.08. The quantitative estimate of drug-likeness (QED) is 0.920. The van der Waals surface area contributed by atoms with Crippen LogP contribution in [0.1, 0.15) is 19.4 Å². The molecule has 0 aromatic heterocycles. The molecule has 0 saturated heterocycles.